The standard InChI is InChI=1S/C20H25NS/c1-22-19-15-9-8-14-18(19)20(16-10-4-2-5-11-16)21-17-12-6-3-7-13-17/h2,4-5,8-11,14-15,17,20-21H,3,6-7,12-13H2,1H3. The quantitative estimate of drug-likeness (QED) is 0.740. The van der Waals surface area contributed by atoms with Crippen LogP contribution in [0.25, 0.3) is 0 Å². The maximum atomic E-state index is 3.95. The highest BCUT2D eigenvalue weighted by Crippen LogP contribution is 2.32. The number of rotatable bonds is 5. The molecule has 2 aromatic rings. The topological polar surface area (TPSA) is 12.0 Å². The number of hydrogen-bond acceptors (Lipinski definition) is 2. The van der Waals surface area contributed by atoms with E-state index < -0.39 is 0 Å². The van der Waals surface area contributed by atoms with Gasteiger partial charge in [-0.3, -0.25) is 0 Å². The van der Waals surface area contributed by atoms with E-state index in [9.17, 15) is 0 Å². The molecule has 0 saturated heterocycles. The summed E-state index contributed by atoms with van der Waals surface area (Å²) in [5.41, 5.74) is 2.78. The zero-order valence-electron chi connectivity index (χ0n) is 13.3. The van der Waals surface area contributed by atoms with Crippen LogP contribution >= 0.6 is 11.8 Å². The first-order valence-corrected chi connectivity index (χ1v) is 9.55. The van der Waals surface area contributed by atoms with Crippen molar-refractivity contribution in [1.82, 2.24) is 5.32 Å². The van der Waals surface area contributed by atoms with E-state index in [0.717, 1.165) is 0 Å². The van der Waals surface area contributed by atoms with Gasteiger partial charge in [0.25, 0.3) is 0 Å². The van der Waals surface area contributed by atoms with Crippen molar-refractivity contribution in [2.45, 2.75) is 49.1 Å². The van der Waals surface area contributed by atoms with Crippen molar-refractivity contribution in [3.63, 3.8) is 0 Å². The molecular formula is C20H25NS. The molecule has 116 valence electrons. The fourth-order valence-electron chi connectivity index (χ4n) is 3.42. The Hall–Kier alpha value is -1.25. The lowest BCUT2D eigenvalue weighted by atomic mass is 9.92. The fraction of sp³-hybridized carbons (Fsp3) is 0.400. The third-order valence-electron chi connectivity index (χ3n) is 4.59. The molecule has 1 N–H and O–H groups in total. The van der Waals surface area contributed by atoms with E-state index in [1.165, 1.54) is 48.1 Å². The van der Waals surface area contributed by atoms with Gasteiger partial charge in [0.15, 0.2) is 0 Å². The molecule has 2 aromatic carbocycles. The Morgan fingerprint density at radius 3 is 2.32 bits per heavy atom. The van der Waals surface area contributed by atoms with Gasteiger partial charge in [-0.15, -0.1) is 11.8 Å². The summed E-state index contributed by atoms with van der Waals surface area (Å²) in [6.45, 7) is 0. The van der Waals surface area contributed by atoms with Gasteiger partial charge in [-0.2, -0.15) is 0 Å². The predicted octanol–water partition coefficient (Wildman–Crippen LogP) is 5.42. The zero-order chi connectivity index (χ0) is 15.2. The van der Waals surface area contributed by atoms with E-state index in [4.69, 9.17) is 0 Å². The van der Waals surface area contributed by atoms with Crippen molar-refractivity contribution < 1.29 is 0 Å². The molecule has 2 heteroatoms. The van der Waals surface area contributed by atoms with Gasteiger partial charge in [-0.25, -0.2) is 0 Å². The van der Waals surface area contributed by atoms with Crippen LogP contribution in [0.5, 0.6) is 0 Å². The minimum absolute atomic E-state index is 0.299. The maximum Gasteiger partial charge on any atom is 0.0589 e. The van der Waals surface area contributed by atoms with Gasteiger partial charge in [0.2, 0.25) is 0 Å². The summed E-state index contributed by atoms with van der Waals surface area (Å²) >= 11 is 1.84. The van der Waals surface area contributed by atoms with Gasteiger partial charge in [-0.05, 0) is 36.3 Å². The molecule has 0 aliphatic heterocycles. The van der Waals surface area contributed by atoms with Crippen molar-refractivity contribution in [3.8, 4) is 0 Å². The lowest BCUT2D eigenvalue weighted by Crippen LogP contribution is -2.35. The molecule has 0 bridgehead atoms. The normalized spacial score (nSPS) is 17.3. The predicted molar refractivity (Wildman–Crippen MR) is 96.5 cm³/mol. The van der Waals surface area contributed by atoms with Gasteiger partial charge in [0, 0.05) is 10.9 Å². The summed E-state index contributed by atoms with van der Waals surface area (Å²) in [5.74, 6) is 0. The Balaban J connectivity index is 1.91. The van der Waals surface area contributed by atoms with Crippen LogP contribution in [-0.2, 0) is 0 Å². The molecular weight excluding hydrogens is 286 g/mol. The summed E-state index contributed by atoms with van der Waals surface area (Å²) in [7, 11) is 0. The molecule has 1 aliphatic rings. The van der Waals surface area contributed by atoms with E-state index in [2.05, 4.69) is 66.2 Å². The lowest BCUT2D eigenvalue weighted by Gasteiger charge is -2.30. The van der Waals surface area contributed by atoms with Crippen molar-refractivity contribution in [2.24, 2.45) is 0 Å². The second kappa shape index (κ2) is 7.85. The molecule has 1 atom stereocenters. The van der Waals surface area contributed by atoms with Crippen LogP contribution in [0.1, 0.15) is 49.3 Å². The Labute approximate surface area is 138 Å². The summed E-state index contributed by atoms with van der Waals surface area (Å²) in [5, 5.41) is 3.95. The van der Waals surface area contributed by atoms with Crippen LogP contribution < -0.4 is 5.32 Å². The summed E-state index contributed by atoms with van der Waals surface area (Å²) in [4.78, 5) is 1.37. The third-order valence-corrected chi connectivity index (χ3v) is 5.40. The zero-order valence-corrected chi connectivity index (χ0v) is 14.1. The number of hydrogen-bond donors (Lipinski definition) is 1. The molecule has 22 heavy (non-hydrogen) atoms. The molecule has 0 heterocycles. The van der Waals surface area contributed by atoms with Gasteiger partial charge in [-0.1, -0.05) is 67.8 Å². The molecule has 1 fully saturated rings. The summed E-state index contributed by atoms with van der Waals surface area (Å²) < 4.78 is 0. The van der Waals surface area contributed by atoms with Crippen molar-refractivity contribution in [3.05, 3.63) is 65.7 Å². The first kappa shape index (κ1) is 15.6. The second-order valence-corrected chi connectivity index (χ2v) is 6.94. The molecule has 3 rings (SSSR count). The maximum absolute atomic E-state index is 3.95. The first-order valence-electron chi connectivity index (χ1n) is 8.32. The fourth-order valence-corrected chi connectivity index (χ4v) is 4.06. The lowest BCUT2D eigenvalue weighted by molar-refractivity contribution is 0.353. The van der Waals surface area contributed by atoms with Crippen molar-refractivity contribution in [1.29, 1.82) is 0 Å². The average molecular weight is 311 g/mol. The second-order valence-electron chi connectivity index (χ2n) is 6.09. The number of benzene rings is 2. The van der Waals surface area contributed by atoms with E-state index in [-0.39, 0.29) is 0 Å². The number of thioether (sulfide) groups is 1. The monoisotopic (exact) mass is 311 g/mol. The van der Waals surface area contributed by atoms with E-state index in [0.29, 0.717) is 12.1 Å². The Morgan fingerprint density at radius 2 is 1.59 bits per heavy atom. The Kier molecular flexibility index (Phi) is 5.58. The largest absolute Gasteiger partial charge is 0.303 e. The highest BCUT2D eigenvalue weighted by Gasteiger charge is 2.22. The minimum Gasteiger partial charge on any atom is -0.303 e. The van der Waals surface area contributed by atoms with Crippen LogP contribution in [0.15, 0.2) is 59.5 Å². The Bertz CT molecular complexity index is 575. The van der Waals surface area contributed by atoms with Crippen LogP contribution in [0.4, 0.5) is 0 Å². The summed E-state index contributed by atoms with van der Waals surface area (Å²) in [6.07, 6.45) is 8.92. The van der Waals surface area contributed by atoms with Crippen LogP contribution in [-0.4, -0.2) is 12.3 Å². The van der Waals surface area contributed by atoms with Crippen molar-refractivity contribution in [2.75, 3.05) is 6.26 Å². The first-order chi connectivity index (χ1) is 10.9. The van der Waals surface area contributed by atoms with Gasteiger partial charge in [0.05, 0.1) is 6.04 Å². The van der Waals surface area contributed by atoms with E-state index >= 15 is 0 Å². The minimum atomic E-state index is 0.299. The molecule has 0 radical (unpaired) electrons. The molecule has 0 aromatic heterocycles. The smallest absolute Gasteiger partial charge is 0.0589 e. The molecule has 1 unspecified atom stereocenters. The van der Waals surface area contributed by atoms with Crippen molar-refractivity contribution >= 4 is 11.8 Å². The van der Waals surface area contributed by atoms with Gasteiger partial charge >= 0.3 is 0 Å². The molecule has 1 aliphatic carbocycles. The van der Waals surface area contributed by atoms with E-state index in [1.54, 1.807) is 0 Å². The SMILES string of the molecule is CSc1ccccc1C(NC1CCCCC1)c1ccccc1. The van der Waals surface area contributed by atoms with E-state index in [1.807, 2.05) is 11.8 Å². The summed E-state index contributed by atoms with van der Waals surface area (Å²) in [6, 6.07) is 20.6. The highest BCUT2D eigenvalue weighted by molar-refractivity contribution is 7.98. The number of nitrogens with one attached hydrogen (secondary N) is 1. The molecule has 0 amide bonds. The third kappa shape index (κ3) is 3.74. The van der Waals surface area contributed by atoms with Crippen LogP contribution in [0.2, 0.25) is 0 Å². The average Bonchev–Trinajstić information content (AvgIpc) is 2.61. The Morgan fingerprint density at radius 1 is 0.909 bits per heavy atom. The van der Waals surface area contributed by atoms with Crippen LogP contribution in [0.3, 0.4) is 0 Å². The van der Waals surface area contributed by atoms with Gasteiger partial charge in [0.1, 0.15) is 0 Å². The molecule has 0 spiro atoms. The van der Waals surface area contributed by atoms with Crippen LogP contribution in [0, 0.1) is 0 Å². The van der Waals surface area contributed by atoms with Gasteiger partial charge < -0.3 is 5.32 Å². The molecule has 1 nitrogen and oxygen atoms in total. The highest BCUT2D eigenvalue weighted by atomic mass is 32.2. The molecule has 1 saturated carbocycles.